The molecule has 1 rings (SSSR count). The van der Waals surface area contributed by atoms with Crippen molar-refractivity contribution in [2.24, 2.45) is 0 Å². The lowest BCUT2D eigenvalue weighted by Gasteiger charge is -2.01. The SMILES string of the molecule is C=C(CC)c1cccc([N+](=O)[O-])c1. The number of hydrogen-bond donors (Lipinski definition) is 0. The lowest BCUT2D eigenvalue weighted by Crippen LogP contribution is -1.89. The van der Waals surface area contributed by atoms with Gasteiger partial charge in [0.15, 0.2) is 0 Å². The molecular weight excluding hydrogens is 166 g/mol. The number of hydrogen-bond acceptors (Lipinski definition) is 2. The van der Waals surface area contributed by atoms with Crippen LogP contribution in [0.25, 0.3) is 5.57 Å². The van der Waals surface area contributed by atoms with Crippen molar-refractivity contribution < 1.29 is 4.92 Å². The molecule has 1 aromatic rings. The number of nitro groups is 1. The zero-order valence-electron chi connectivity index (χ0n) is 7.49. The molecule has 3 heteroatoms. The van der Waals surface area contributed by atoms with E-state index in [1.807, 2.05) is 13.0 Å². The molecule has 0 aliphatic heterocycles. The van der Waals surface area contributed by atoms with E-state index in [4.69, 9.17) is 0 Å². The molecule has 0 N–H and O–H groups in total. The van der Waals surface area contributed by atoms with Gasteiger partial charge < -0.3 is 0 Å². The maximum atomic E-state index is 10.4. The van der Waals surface area contributed by atoms with E-state index in [1.165, 1.54) is 6.07 Å². The average molecular weight is 177 g/mol. The first-order valence-electron chi connectivity index (χ1n) is 4.07. The van der Waals surface area contributed by atoms with Crippen molar-refractivity contribution in [2.75, 3.05) is 0 Å². The van der Waals surface area contributed by atoms with Crippen LogP contribution in [0.4, 0.5) is 5.69 Å². The fourth-order valence-electron chi connectivity index (χ4n) is 1.04. The third-order valence-corrected chi connectivity index (χ3v) is 1.89. The molecule has 68 valence electrons. The van der Waals surface area contributed by atoms with E-state index in [-0.39, 0.29) is 5.69 Å². The maximum Gasteiger partial charge on any atom is 0.270 e. The minimum Gasteiger partial charge on any atom is -0.258 e. The van der Waals surface area contributed by atoms with Crippen molar-refractivity contribution in [3.05, 3.63) is 46.5 Å². The molecule has 0 spiro atoms. The van der Waals surface area contributed by atoms with Crippen LogP contribution >= 0.6 is 0 Å². The highest BCUT2D eigenvalue weighted by Crippen LogP contribution is 2.20. The van der Waals surface area contributed by atoms with Crippen LogP contribution in [-0.4, -0.2) is 4.92 Å². The Morgan fingerprint density at radius 1 is 1.62 bits per heavy atom. The summed E-state index contributed by atoms with van der Waals surface area (Å²) in [6.07, 6.45) is 0.807. The first kappa shape index (κ1) is 9.45. The lowest BCUT2D eigenvalue weighted by atomic mass is 10.1. The third-order valence-electron chi connectivity index (χ3n) is 1.89. The first-order valence-corrected chi connectivity index (χ1v) is 4.07. The number of allylic oxidation sites excluding steroid dienone is 1. The smallest absolute Gasteiger partial charge is 0.258 e. The normalized spacial score (nSPS) is 9.62. The van der Waals surface area contributed by atoms with E-state index in [0.717, 1.165) is 17.6 Å². The Kier molecular flexibility index (Phi) is 2.80. The molecule has 0 aliphatic rings. The van der Waals surface area contributed by atoms with Crippen molar-refractivity contribution in [2.45, 2.75) is 13.3 Å². The Morgan fingerprint density at radius 3 is 2.85 bits per heavy atom. The van der Waals surface area contributed by atoms with E-state index in [9.17, 15) is 10.1 Å². The summed E-state index contributed by atoms with van der Waals surface area (Å²) in [5.74, 6) is 0. The van der Waals surface area contributed by atoms with Crippen LogP contribution in [0.1, 0.15) is 18.9 Å². The summed E-state index contributed by atoms with van der Waals surface area (Å²) in [4.78, 5) is 10.0. The van der Waals surface area contributed by atoms with Crippen LogP contribution in [0.3, 0.4) is 0 Å². The van der Waals surface area contributed by atoms with Crippen LogP contribution in [0.2, 0.25) is 0 Å². The molecule has 0 aliphatic carbocycles. The van der Waals surface area contributed by atoms with Gasteiger partial charge >= 0.3 is 0 Å². The predicted octanol–water partition coefficient (Wildman–Crippen LogP) is 3.02. The second-order valence-electron chi connectivity index (χ2n) is 2.76. The fraction of sp³-hybridized carbons (Fsp3) is 0.200. The molecule has 0 radical (unpaired) electrons. The minimum atomic E-state index is -0.396. The first-order chi connectivity index (χ1) is 6.15. The Hall–Kier alpha value is -1.64. The highest BCUT2D eigenvalue weighted by molar-refractivity contribution is 5.65. The van der Waals surface area contributed by atoms with E-state index in [2.05, 4.69) is 6.58 Å². The summed E-state index contributed by atoms with van der Waals surface area (Å²) in [6, 6.07) is 6.53. The molecule has 3 nitrogen and oxygen atoms in total. The second-order valence-corrected chi connectivity index (χ2v) is 2.76. The molecule has 0 saturated carbocycles. The Balaban J connectivity index is 3.05. The van der Waals surface area contributed by atoms with Gasteiger partial charge in [-0.1, -0.05) is 25.6 Å². The van der Waals surface area contributed by atoms with Crippen LogP contribution < -0.4 is 0 Å². The highest BCUT2D eigenvalue weighted by Gasteiger charge is 2.05. The van der Waals surface area contributed by atoms with Crippen LogP contribution in [0.15, 0.2) is 30.8 Å². The molecule has 0 amide bonds. The molecular formula is C10H11NO2. The lowest BCUT2D eigenvalue weighted by molar-refractivity contribution is -0.384. The summed E-state index contributed by atoms with van der Waals surface area (Å²) >= 11 is 0. The maximum absolute atomic E-state index is 10.4. The van der Waals surface area contributed by atoms with Gasteiger partial charge in [0.2, 0.25) is 0 Å². The Bertz CT molecular complexity index is 345. The summed E-state index contributed by atoms with van der Waals surface area (Å²) in [5.41, 5.74) is 1.88. The monoisotopic (exact) mass is 177 g/mol. The van der Waals surface area contributed by atoms with E-state index in [1.54, 1.807) is 12.1 Å². The molecule has 13 heavy (non-hydrogen) atoms. The average Bonchev–Trinajstić information content (AvgIpc) is 2.17. The van der Waals surface area contributed by atoms with Crippen LogP contribution in [0, 0.1) is 10.1 Å². The summed E-state index contributed by atoms with van der Waals surface area (Å²) in [6.45, 7) is 5.79. The largest absolute Gasteiger partial charge is 0.270 e. The van der Waals surface area contributed by atoms with Gasteiger partial charge in [0.1, 0.15) is 0 Å². The van der Waals surface area contributed by atoms with Gasteiger partial charge in [-0.25, -0.2) is 0 Å². The van der Waals surface area contributed by atoms with Gasteiger partial charge in [0.25, 0.3) is 5.69 Å². The zero-order chi connectivity index (χ0) is 9.84. The third kappa shape index (κ3) is 2.15. The minimum absolute atomic E-state index is 0.118. The van der Waals surface area contributed by atoms with Gasteiger partial charge in [-0.05, 0) is 17.6 Å². The number of nitrogens with zero attached hydrogens (tertiary/aromatic N) is 1. The van der Waals surface area contributed by atoms with Crippen molar-refractivity contribution in [3.63, 3.8) is 0 Å². The molecule has 0 atom stereocenters. The molecule has 0 heterocycles. The van der Waals surface area contributed by atoms with Gasteiger partial charge in [0.05, 0.1) is 4.92 Å². The number of rotatable bonds is 3. The van der Waals surface area contributed by atoms with Gasteiger partial charge in [-0.3, -0.25) is 10.1 Å². The Morgan fingerprint density at radius 2 is 2.31 bits per heavy atom. The van der Waals surface area contributed by atoms with E-state index in [0.29, 0.717) is 0 Å². The summed E-state index contributed by atoms with van der Waals surface area (Å²) in [5, 5.41) is 10.4. The van der Waals surface area contributed by atoms with E-state index < -0.39 is 4.92 Å². The quantitative estimate of drug-likeness (QED) is 0.526. The van der Waals surface area contributed by atoms with Crippen LogP contribution in [0.5, 0.6) is 0 Å². The molecule has 0 bridgehead atoms. The molecule has 1 aromatic carbocycles. The fourth-order valence-corrected chi connectivity index (χ4v) is 1.04. The molecule has 0 fully saturated rings. The number of non-ortho nitro benzene ring substituents is 1. The van der Waals surface area contributed by atoms with E-state index >= 15 is 0 Å². The summed E-state index contributed by atoms with van der Waals surface area (Å²) in [7, 11) is 0. The van der Waals surface area contributed by atoms with Crippen molar-refractivity contribution in [3.8, 4) is 0 Å². The number of benzene rings is 1. The highest BCUT2D eigenvalue weighted by atomic mass is 16.6. The van der Waals surface area contributed by atoms with Gasteiger partial charge in [0, 0.05) is 12.1 Å². The van der Waals surface area contributed by atoms with Crippen molar-refractivity contribution in [1.29, 1.82) is 0 Å². The zero-order valence-corrected chi connectivity index (χ0v) is 7.49. The molecule has 0 aromatic heterocycles. The molecule has 0 saturated heterocycles. The van der Waals surface area contributed by atoms with Crippen molar-refractivity contribution >= 4 is 11.3 Å². The number of nitro benzene ring substituents is 1. The van der Waals surface area contributed by atoms with Gasteiger partial charge in [-0.15, -0.1) is 0 Å². The Labute approximate surface area is 76.9 Å². The standard InChI is InChI=1S/C10H11NO2/c1-3-8(2)9-5-4-6-10(7-9)11(12)13/h4-7H,2-3H2,1H3. The molecule has 0 unspecified atom stereocenters. The predicted molar refractivity (Wildman–Crippen MR) is 52.4 cm³/mol. The van der Waals surface area contributed by atoms with Crippen LogP contribution in [-0.2, 0) is 0 Å². The second kappa shape index (κ2) is 3.85. The summed E-state index contributed by atoms with van der Waals surface area (Å²) < 4.78 is 0. The van der Waals surface area contributed by atoms with Gasteiger partial charge in [-0.2, -0.15) is 0 Å². The van der Waals surface area contributed by atoms with Crippen molar-refractivity contribution in [1.82, 2.24) is 0 Å². The topological polar surface area (TPSA) is 43.1 Å².